The van der Waals surface area contributed by atoms with Crippen molar-refractivity contribution in [1.29, 1.82) is 0 Å². The molecule has 1 spiro atoms. The molecule has 0 radical (unpaired) electrons. The molecule has 6 nitrogen and oxygen atoms in total. The summed E-state index contributed by atoms with van der Waals surface area (Å²) >= 11 is 0. The summed E-state index contributed by atoms with van der Waals surface area (Å²) in [6, 6.07) is 7.85. The molecule has 1 fully saturated rings. The minimum atomic E-state index is -3.65. The van der Waals surface area contributed by atoms with Crippen molar-refractivity contribution in [3.8, 4) is 0 Å². The average molecular weight is 347 g/mol. The van der Waals surface area contributed by atoms with Gasteiger partial charge < -0.3 is 4.74 Å². The van der Waals surface area contributed by atoms with E-state index < -0.39 is 10.0 Å². The Morgan fingerprint density at radius 3 is 2.58 bits per heavy atom. The van der Waals surface area contributed by atoms with E-state index in [2.05, 4.69) is 16.3 Å². The van der Waals surface area contributed by atoms with Crippen molar-refractivity contribution in [2.75, 3.05) is 24.1 Å². The van der Waals surface area contributed by atoms with E-state index in [4.69, 9.17) is 4.74 Å². The van der Waals surface area contributed by atoms with Crippen molar-refractivity contribution >= 4 is 15.7 Å². The number of aryl methyl sites for hydroxylation is 2. The van der Waals surface area contributed by atoms with Crippen LogP contribution in [0.5, 0.6) is 0 Å². The van der Waals surface area contributed by atoms with Crippen LogP contribution in [0.25, 0.3) is 0 Å². The number of hydrogen-bond donors (Lipinski definition) is 1. The Balaban J connectivity index is 1.86. The number of ether oxygens (including phenoxy) is 1. The highest BCUT2D eigenvalue weighted by Gasteiger charge is 2.48. The fourth-order valence-electron chi connectivity index (χ4n) is 4.02. The molecule has 0 unspecified atom stereocenters. The number of rotatable bonds is 2. The number of nitrogens with one attached hydrogen (secondary N) is 1. The molecule has 0 bridgehead atoms. The van der Waals surface area contributed by atoms with E-state index in [1.807, 2.05) is 18.2 Å². The summed E-state index contributed by atoms with van der Waals surface area (Å²) in [6.45, 7) is 5.29. The van der Waals surface area contributed by atoms with E-state index in [9.17, 15) is 8.42 Å². The summed E-state index contributed by atoms with van der Waals surface area (Å²) in [4.78, 5) is 0.293. The van der Waals surface area contributed by atoms with Gasteiger partial charge in [0, 0.05) is 25.2 Å². The smallest absolute Gasteiger partial charge is 0.268 e. The van der Waals surface area contributed by atoms with Crippen molar-refractivity contribution in [2.45, 2.75) is 37.0 Å². The first-order valence-corrected chi connectivity index (χ1v) is 9.61. The highest BCUT2D eigenvalue weighted by Crippen LogP contribution is 2.48. The topological polar surface area (TPSA) is 75.3 Å². The molecule has 2 aromatic rings. The van der Waals surface area contributed by atoms with Crippen LogP contribution in [0.1, 0.15) is 29.8 Å². The molecule has 4 rings (SSSR count). The highest BCUT2D eigenvalue weighted by atomic mass is 32.2. The summed E-state index contributed by atoms with van der Waals surface area (Å²) in [7, 11) is -3.65. The van der Waals surface area contributed by atoms with Gasteiger partial charge in [0.2, 0.25) is 0 Å². The maximum atomic E-state index is 13.4. The number of fused-ring (bicyclic) bond motifs is 2. The maximum Gasteiger partial charge on any atom is 0.268 e. The number of aromatic nitrogens is 2. The maximum absolute atomic E-state index is 13.4. The molecule has 0 amide bonds. The van der Waals surface area contributed by atoms with E-state index in [0.29, 0.717) is 36.0 Å². The zero-order valence-corrected chi connectivity index (χ0v) is 14.7. The second kappa shape index (κ2) is 5.32. The normalized spacial score (nSPS) is 19.7. The van der Waals surface area contributed by atoms with Crippen LogP contribution < -0.4 is 4.31 Å². The van der Waals surface area contributed by atoms with Gasteiger partial charge in [-0.1, -0.05) is 18.2 Å². The van der Waals surface area contributed by atoms with Crippen molar-refractivity contribution < 1.29 is 13.2 Å². The van der Waals surface area contributed by atoms with E-state index in [-0.39, 0.29) is 5.41 Å². The lowest BCUT2D eigenvalue weighted by Crippen LogP contribution is -2.40. The Morgan fingerprint density at radius 1 is 1.21 bits per heavy atom. The molecular formula is C17H21N3O3S. The monoisotopic (exact) mass is 347 g/mol. The fourth-order valence-corrected chi connectivity index (χ4v) is 5.93. The highest BCUT2D eigenvalue weighted by molar-refractivity contribution is 7.93. The van der Waals surface area contributed by atoms with E-state index in [1.165, 1.54) is 0 Å². The minimum Gasteiger partial charge on any atom is -0.381 e. The third kappa shape index (κ3) is 2.11. The molecule has 1 aromatic heterocycles. The molecule has 7 heteroatoms. The molecule has 1 N–H and O–H groups in total. The number of aromatic amines is 1. The summed E-state index contributed by atoms with van der Waals surface area (Å²) < 4.78 is 33.8. The molecule has 0 saturated carbocycles. The minimum absolute atomic E-state index is 0.145. The Bertz CT molecular complexity index is 863. The molecular weight excluding hydrogens is 326 g/mol. The van der Waals surface area contributed by atoms with Gasteiger partial charge in [-0.15, -0.1) is 0 Å². The molecule has 128 valence electrons. The number of hydrogen-bond acceptors (Lipinski definition) is 4. The van der Waals surface area contributed by atoms with Crippen molar-refractivity contribution in [3.63, 3.8) is 0 Å². The lowest BCUT2D eigenvalue weighted by atomic mass is 9.76. The number of anilines is 1. The Hall–Kier alpha value is -1.86. The van der Waals surface area contributed by atoms with Gasteiger partial charge in [-0.2, -0.15) is 5.10 Å². The third-order valence-corrected chi connectivity index (χ3v) is 7.27. The summed E-state index contributed by atoms with van der Waals surface area (Å²) in [5.74, 6) is 0. The summed E-state index contributed by atoms with van der Waals surface area (Å²) in [5, 5.41) is 6.85. The quantitative estimate of drug-likeness (QED) is 0.904. The van der Waals surface area contributed by atoms with Crippen LogP contribution in [0.4, 0.5) is 5.69 Å². The Morgan fingerprint density at radius 2 is 1.92 bits per heavy atom. The van der Waals surface area contributed by atoms with Gasteiger partial charge in [0.15, 0.2) is 0 Å². The van der Waals surface area contributed by atoms with Crippen LogP contribution in [0.15, 0.2) is 29.2 Å². The van der Waals surface area contributed by atoms with Crippen molar-refractivity contribution in [2.24, 2.45) is 0 Å². The average Bonchev–Trinajstić information content (AvgIpc) is 3.08. The van der Waals surface area contributed by atoms with Crippen LogP contribution >= 0.6 is 0 Å². The molecule has 2 aliphatic rings. The molecule has 2 aliphatic heterocycles. The SMILES string of the molecule is Cc1n[nH]c(C)c1S(=O)(=O)N1CC2(CCOCC2)c2ccccc21. The van der Waals surface area contributed by atoms with Crippen LogP contribution in [0, 0.1) is 13.8 Å². The van der Waals surface area contributed by atoms with E-state index in [1.54, 1.807) is 18.2 Å². The molecule has 0 atom stereocenters. The van der Waals surface area contributed by atoms with Gasteiger partial charge in [-0.3, -0.25) is 9.40 Å². The van der Waals surface area contributed by atoms with E-state index in [0.717, 1.165) is 24.1 Å². The predicted molar refractivity (Wildman–Crippen MR) is 90.8 cm³/mol. The standard InChI is InChI=1S/C17H21N3O3S/c1-12-16(13(2)19-18-12)24(21,22)20-11-17(7-9-23-10-8-17)14-5-3-4-6-15(14)20/h3-6H,7-11H2,1-2H3,(H,18,19). The van der Waals surface area contributed by atoms with Crippen molar-refractivity contribution in [3.05, 3.63) is 41.2 Å². The second-order valence-corrected chi connectivity index (χ2v) is 8.48. The number of H-pyrrole nitrogens is 1. The first kappa shape index (κ1) is 15.7. The summed E-state index contributed by atoms with van der Waals surface area (Å²) in [6.07, 6.45) is 1.69. The predicted octanol–water partition coefficient (Wildman–Crippen LogP) is 2.28. The largest absolute Gasteiger partial charge is 0.381 e. The first-order valence-electron chi connectivity index (χ1n) is 8.17. The second-order valence-electron chi connectivity index (χ2n) is 6.68. The van der Waals surface area contributed by atoms with Gasteiger partial charge in [-0.05, 0) is 38.3 Å². The van der Waals surface area contributed by atoms with Gasteiger partial charge in [0.05, 0.1) is 17.1 Å². The molecule has 1 aromatic carbocycles. The third-order valence-electron chi connectivity index (χ3n) is 5.25. The van der Waals surface area contributed by atoms with E-state index >= 15 is 0 Å². The fraction of sp³-hybridized carbons (Fsp3) is 0.471. The number of sulfonamides is 1. The van der Waals surface area contributed by atoms with Crippen LogP contribution in [0.3, 0.4) is 0 Å². The molecule has 1 saturated heterocycles. The molecule has 24 heavy (non-hydrogen) atoms. The summed E-state index contributed by atoms with van der Waals surface area (Å²) in [5.41, 5.74) is 2.86. The van der Waals surface area contributed by atoms with Gasteiger partial charge in [-0.25, -0.2) is 8.42 Å². The van der Waals surface area contributed by atoms with Gasteiger partial charge in [0.1, 0.15) is 4.90 Å². The number of para-hydroxylation sites is 1. The zero-order chi connectivity index (χ0) is 16.9. The zero-order valence-electron chi connectivity index (χ0n) is 13.9. The van der Waals surface area contributed by atoms with Gasteiger partial charge >= 0.3 is 0 Å². The number of nitrogens with zero attached hydrogens (tertiary/aromatic N) is 2. The lowest BCUT2D eigenvalue weighted by Gasteiger charge is -2.34. The number of benzene rings is 1. The van der Waals surface area contributed by atoms with Crippen LogP contribution in [-0.4, -0.2) is 38.4 Å². The Kier molecular flexibility index (Phi) is 3.47. The van der Waals surface area contributed by atoms with Crippen LogP contribution in [0.2, 0.25) is 0 Å². The van der Waals surface area contributed by atoms with Gasteiger partial charge in [0.25, 0.3) is 10.0 Å². The first-order chi connectivity index (χ1) is 11.5. The molecule has 0 aliphatic carbocycles. The Labute approximate surface area is 141 Å². The molecule has 3 heterocycles. The van der Waals surface area contributed by atoms with Crippen LogP contribution in [-0.2, 0) is 20.2 Å². The van der Waals surface area contributed by atoms with Crippen molar-refractivity contribution in [1.82, 2.24) is 10.2 Å². The lowest BCUT2D eigenvalue weighted by molar-refractivity contribution is 0.0560.